The highest BCUT2D eigenvalue weighted by Gasteiger charge is 2.78. The van der Waals surface area contributed by atoms with Crippen LogP contribution < -0.4 is 10.2 Å². The molecule has 4 heterocycles. The number of nitrogens with zero attached hydrogens (tertiary/aromatic N) is 1. The average Bonchev–Trinajstić information content (AvgIpc) is 3.44. The number of amides is 3. The van der Waals surface area contributed by atoms with Gasteiger partial charge in [0.1, 0.15) is 17.9 Å². The molecule has 5 atom stereocenters. The van der Waals surface area contributed by atoms with Crippen molar-refractivity contribution in [3.8, 4) is 0 Å². The van der Waals surface area contributed by atoms with Crippen molar-refractivity contribution >= 4 is 23.4 Å². The van der Waals surface area contributed by atoms with Crippen LogP contribution in [0, 0.1) is 11.8 Å². The largest absolute Gasteiger partial charge is 0.320 e. The van der Waals surface area contributed by atoms with Crippen LogP contribution in [0.3, 0.4) is 0 Å². The summed E-state index contributed by atoms with van der Waals surface area (Å²) in [6.45, 7) is 1.09. The first-order valence-corrected chi connectivity index (χ1v) is 10.3. The van der Waals surface area contributed by atoms with Gasteiger partial charge in [-0.1, -0.05) is 48.5 Å². The molecule has 2 aromatic carbocycles. The number of nitrogens with one attached hydrogen (secondary N) is 2. The van der Waals surface area contributed by atoms with Gasteiger partial charge in [0.25, 0.3) is 5.91 Å². The summed E-state index contributed by atoms with van der Waals surface area (Å²) >= 11 is 0. The molecule has 3 amide bonds. The van der Waals surface area contributed by atoms with Gasteiger partial charge in [0, 0.05) is 18.4 Å². The number of likely N-dealkylation sites (tertiary alicyclic amines) is 1. The fraction of sp³-hybridized carbons (Fsp3) is 0.348. The standard InChI is InChI=1S/C23H21N3O3/c27-20-18-17-11-6-12-26(17)23(15-9-4-5-10-16(15)24-22(23)29)19(18)21(28)25(20)13-14-7-2-1-3-8-14/h1-5,7-10,17-19H,6,11-13H2,(H,24,29)/p+1/t17-,18-,19+,23-/m1/s1. The van der Waals surface area contributed by atoms with Gasteiger partial charge in [-0.3, -0.25) is 19.3 Å². The molecule has 1 unspecified atom stereocenters. The molecule has 0 aromatic heterocycles. The number of imide groups is 1. The lowest BCUT2D eigenvalue weighted by molar-refractivity contribution is -0.948. The van der Waals surface area contributed by atoms with Crippen molar-refractivity contribution in [3.63, 3.8) is 0 Å². The Labute approximate surface area is 168 Å². The third-order valence-electron chi connectivity index (χ3n) is 7.40. The molecule has 4 aliphatic rings. The number of rotatable bonds is 2. The van der Waals surface area contributed by atoms with Gasteiger partial charge in [-0.05, 0) is 11.6 Å². The molecule has 1 spiro atoms. The highest BCUT2D eigenvalue weighted by molar-refractivity contribution is 6.14. The van der Waals surface area contributed by atoms with E-state index in [9.17, 15) is 14.4 Å². The first kappa shape index (κ1) is 16.9. The Hall–Kier alpha value is -2.99. The number of benzene rings is 2. The molecule has 6 nitrogen and oxygen atoms in total. The van der Waals surface area contributed by atoms with E-state index in [0.717, 1.165) is 41.1 Å². The summed E-state index contributed by atoms with van der Waals surface area (Å²) < 4.78 is 0. The van der Waals surface area contributed by atoms with E-state index >= 15 is 0 Å². The lowest BCUT2D eigenvalue weighted by atomic mass is 9.75. The minimum atomic E-state index is -0.986. The third-order valence-corrected chi connectivity index (χ3v) is 7.40. The zero-order chi connectivity index (χ0) is 19.8. The minimum absolute atomic E-state index is 0.0223. The van der Waals surface area contributed by atoms with Crippen LogP contribution in [0.25, 0.3) is 0 Å². The number of carbonyl (C=O) groups is 3. The predicted octanol–water partition coefficient (Wildman–Crippen LogP) is 0.696. The van der Waals surface area contributed by atoms with Crippen LogP contribution in [-0.2, 0) is 26.5 Å². The van der Waals surface area contributed by atoms with Crippen LogP contribution >= 0.6 is 0 Å². The Balaban J connectivity index is 1.49. The molecule has 0 radical (unpaired) electrons. The molecular weight excluding hydrogens is 366 g/mol. The van der Waals surface area contributed by atoms with Crippen molar-refractivity contribution in [1.29, 1.82) is 0 Å². The van der Waals surface area contributed by atoms with Crippen molar-refractivity contribution in [2.75, 3.05) is 11.9 Å². The van der Waals surface area contributed by atoms with Gasteiger partial charge in [0.05, 0.1) is 18.8 Å². The van der Waals surface area contributed by atoms with Gasteiger partial charge >= 0.3 is 0 Å². The second kappa shape index (κ2) is 5.76. The number of quaternary nitrogens is 1. The average molecular weight is 388 g/mol. The van der Waals surface area contributed by atoms with E-state index in [0.29, 0.717) is 0 Å². The molecule has 3 fully saturated rings. The van der Waals surface area contributed by atoms with Crippen molar-refractivity contribution in [2.45, 2.75) is 31.0 Å². The first-order valence-electron chi connectivity index (χ1n) is 10.3. The number of hydrogen-bond donors (Lipinski definition) is 2. The molecule has 0 aliphatic carbocycles. The lowest BCUT2D eigenvalue weighted by Crippen LogP contribution is -3.19. The molecule has 2 aromatic rings. The molecule has 0 saturated carbocycles. The SMILES string of the molecule is O=C1[C@@H]2[C@H]3CCC[NH+]3[C@@]3(C(=O)Nc4ccccc43)[C@@H]2C(=O)N1Cc1ccccc1. The first-order chi connectivity index (χ1) is 14.1. The van der Waals surface area contributed by atoms with E-state index in [1.807, 2.05) is 54.6 Å². The quantitative estimate of drug-likeness (QED) is 0.744. The van der Waals surface area contributed by atoms with Gasteiger partial charge in [0.15, 0.2) is 0 Å². The zero-order valence-corrected chi connectivity index (χ0v) is 15.9. The fourth-order valence-electron chi connectivity index (χ4n) is 6.40. The molecular formula is C23H22N3O3+. The third kappa shape index (κ3) is 1.97. The lowest BCUT2D eigenvalue weighted by Gasteiger charge is -2.33. The molecule has 0 bridgehead atoms. The summed E-state index contributed by atoms with van der Waals surface area (Å²) in [4.78, 5) is 43.1. The maximum Gasteiger partial charge on any atom is 0.291 e. The van der Waals surface area contributed by atoms with Crippen LogP contribution in [0.1, 0.15) is 24.0 Å². The number of hydrogen-bond acceptors (Lipinski definition) is 3. The normalized spacial score (nSPS) is 34.5. The molecule has 6 rings (SSSR count). The van der Waals surface area contributed by atoms with Crippen molar-refractivity contribution in [2.24, 2.45) is 11.8 Å². The Bertz CT molecular complexity index is 1050. The van der Waals surface area contributed by atoms with Gasteiger partial charge < -0.3 is 10.2 Å². The summed E-state index contributed by atoms with van der Waals surface area (Å²) in [7, 11) is 0. The summed E-state index contributed by atoms with van der Waals surface area (Å²) in [6, 6.07) is 17.3. The Morgan fingerprint density at radius 2 is 1.76 bits per heavy atom. The highest BCUT2D eigenvalue weighted by atomic mass is 16.2. The topological polar surface area (TPSA) is 70.9 Å². The summed E-state index contributed by atoms with van der Waals surface area (Å²) in [5.41, 5.74) is 1.59. The van der Waals surface area contributed by atoms with Crippen LogP contribution in [0.2, 0.25) is 0 Å². The van der Waals surface area contributed by atoms with Crippen molar-refractivity contribution in [3.05, 3.63) is 65.7 Å². The van der Waals surface area contributed by atoms with Gasteiger partial charge in [-0.2, -0.15) is 0 Å². The van der Waals surface area contributed by atoms with Crippen LogP contribution in [0.5, 0.6) is 0 Å². The highest BCUT2D eigenvalue weighted by Crippen LogP contribution is 2.51. The Kier molecular flexibility index (Phi) is 3.36. The van der Waals surface area contributed by atoms with Crippen LogP contribution in [0.4, 0.5) is 5.69 Å². The zero-order valence-electron chi connectivity index (χ0n) is 15.9. The molecule has 146 valence electrons. The second-order valence-electron chi connectivity index (χ2n) is 8.58. The van der Waals surface area contributed by atoms with E-state index in [4.69, 9.17) is 0 Å². The minimum Gasteiger partial charge on any atom is -0.320 e. The van der Waals surface area contributed by atoms with E-state index in [1.165, 1.54) is 4.90 Å². The van der Waals surface area contributed by atoms with Crippen molar-refractivity contribution < 1.29 is 19.3 Å². The fourth-order valence-corrected chi connectivity index (χ4v) is 6.40. The Morgan fingerprint density at radius 3 is 2.59 bits per heavy atom. The number of para-hydroxylation sites is 1. The predicted molar refractivity (Wildman–Crippen MR) is 105 cm³/mol. The maximum absolute atomic E-state index is 13.7. The molecule has 2 N–H and O–H groups in total. The van der Waals surface area contributed by atoms with Crippen LogP contribution in [-0.4, -0.2) is 35.2 Å². The molecule has 29 heavy (non-hydrogen) atoms. The van der Waals surface area contributed by atoms with Gasteiger partial charge in [-0.25, -0.2) is 0 Å². The summed E-state index contributed by atoms with van der Waals surface area (Å²) in [5, 5.41) is 3.01. The monoisotopic (exact) mass is 388 g/mol. The Morgan fingerprint density at radius 1 is 1.00 bits per heavy atom. The number of anilines is 1. The number of fused-ring (bicyclic) bond motifs is 7. The van der Waals surface area contributed by atoms with E-state index < -0.39 is 17.4 Å². The van der Waals surface area contributed by atoms with Crippen LogP contribution in [0.15, 0.2) is 54.6 Å². The summed E-state index contributed by atoms with van der Waals surface area (Å²) in [6.07, 6.45) is 1.85. The van der Waals surface area contributed by atoms with E-state index in [2.05, 4.69) is 5.32 Å². The van der Waals surface area contributed by atoms with Gasteiger partial charge in [0.2, 0.25) is 17.4 Å². The maximum atomic E-state index is 13.7. The van der Waals surface area contributed by atoms with E-state index in [1.54, 1.807) is 0 Å². The second-order valence-corrected chi connectivity index (χ2v) is 8.58. The smallest absolute Gasteiger partial charge is 0.291 e. The molecule has 3 saturated heterocycles. The molecule has 4 aliphatic heterocycles. The van der Waals surface area contributed by atoms with Crippen molar-refractivity contribution in [1.82, 2.24) is 4.90 Å². The van der Waals surface area contributed by atoms with Gasteiger partial charge in [-0.15, -0.1) is 0 Å². The number of carbonyl (C=O) groups excluding carboxylic acids is 3. The molecule has 6 heteroatoms. The van der Waals surface area contributed by atoms with E-state index in [-0.39, 0.29) is 30.3 Å². The summed E-state index contributed by atoms with van der Waals surface area (Å²) in [5.74, 6) is -1.47.